The van der Waals surface area contributed by atoms with Gasteiger partial charge in [0, 0.05) is 16.4 Å². The van der Waals surface area contributed by atoms with Gasteiger partial charge < -0.3 is 9.64 Å². The van der Waals surface area contributed by atoms with Crippen LogP contribution >= 0.6 is 0 Å². The van der Waals surface area contributed by atoms with Crippen LogP contribution in [0.1, 0.15) is 37.0 Å². The normalized spacial score (nSPS) is 18.4. The number of fused-ring (bicyclic) bond motifs is 1. The van der Waals surface area contributed by atoms with Crippen molar-refractivity contribution < 1.29 is 9.13 Å². The van der Waals surface area contributed by atoms with E-state index in [4.69, 9.17) is 4.74 Å². The number of benzene rings is 2. The van der Waals surface area contributed by atoms with E-state index in [9.17, 15) is 4.39 Å². The molecule has 28 heavy (non-hydrogen) atoms. The van der Waals surface area contributed by atoms with Crippen LogP contribution in [-0.4, -0.2) is 49.7 Å². The molecule has 4 rings (SSSR count). The molecule has 4 nitrogen and oxygen atoms in total. The van der Waals surface area contributed by atoms with Crippen LogP contribution in [-0.2, 0) is 10.2 Å². The van der Waals surface area contributed by atoms with E-state index in [0.717, 1.165) is 42.4 Å². The fourth-order valence-corrected chi connectivity index (χ4v) is 4.30. The number of ether oxygens (including phenoxy) is 1. The number of nitrogens with one attached hydrogen (secondary N) is 1. The molecule has 2 aromatic carbocycles. The number of aromatic amines is 1. The van der Waals surface area contributed by atoms with Gasteiger partial charge in [0.1, 0.15) is 13.7 Å². The quantitative estimate of drug-likeness (QED) is 0.694. The van der Waals surface area contributed by atoms with Crippen LogP contribution in [0.4, 0.5) is 4.39 Å². The van der Waals surface area contributed by atoms with Gasteiger partial charge in [-0.15, -0.1) is 0 Å². The molecule has 0 bridgehead atoms. The second kappa shape index (κ2) is 7.68. The zero-order chi connectivity index (χ0) is 19.7. The van der Waals surface area contributed by atoms with E-state index in [1.54, 1.807) is 12.1 Å². The highest BCUT2D eigenvalue weighted by atomic mass is 19.1. The minimum atomic E-state index is -0.192. The number of rotatable bonds is 5. The number of hydrogen-bond donors (Lipinski definition) is 1. The Hall–Kier alpha value is -2.18. The van der Waals surface area contributed by atoms with E-state index in [1.807, 2.05) is 18.3 Å². The molecular weight excluding hydrogens is 352 g/mol. The van der Waals surface area contributed by atoms with Crippen molar-refractivity contribution in [3.63, 3.8) is 0 Å². The minimum absolute atomic E-state index is 0.0557. The Labute approximate surface area is 166 Å². The number of nitrogens with zero attached hydrogens (tertiary/aromatic N) is 2. The average Bonchev–Trinajstić information content (AvgIpc) is 3.16. The predicted octanol–water partition coefficient (Wildman–Crippen LogP) is 2.70. The Morgan fingerprint density at radius 2 is 1.96 bits per heavy atom. The molecule has 0 aliphatic carbocycles. The van der Waals surface area contributed by atoms with E-state index in [2.05, 4.69) is 49.0 Å². The summed E-state index contributed by atoms with van der Waals surface area (Å²) < 4.78 is 19.9. The van der Waals surface area contributed by atoms with Crippen LogP contribution in [0.5, 0.6) is 0 Å². The Morgan fingerprint density at radius 3 is 2.68 bits per heavy atom. The second-order valence-electron chi connectivity index (χ2n) is 8.23. The highest BCUT2D eigenvalue weighted by molar-refractivity contribution is 6.33. The maximum atomic E-state index is 13.5. The molecule has 1 fully saturated rings. The molecule has 1 aromatic heterocycles. The number of halogens is 1. The molecule has 1 aliphatic rings. The summed E-state index contributed by atoms with van der Waals surface area (Å²) in [5.74, 6) is -0.192. The minimum Gasteiger partial charge on any atom is -0.373 e. The van der Waals surface area contributed by atoms with Crippen molar-refractivity contribution in [3.8, 4) is 0 Å². The predicted molar refractivity (Wildman–Crippen MR) is 113 cm³/mol. The van der Waals surface area contributed by atoms with Gasteiger partial charge in [0.05, 0.1) is 24.4 Å². The third kappa shape index (κ3) is 3.71. The molecule has 0 amide bonds. The van der Waals surface area contributed by atoms with Crippen molar-refractivity contribution in [3.05, 3.63) is 59.5 Å². The van der Waals surface area contributed by atoms with E-state index in [1.165, 1.54) is 11.0 Å². The van der Waals surface area contributed by atoms with Crippen LogP contribution in [0, 0.1) is 5.82 Å². The molecule has 1 N–H and O–H groups in total. The van der Waals surface area contributed by atoms with Crippen LogP contribution in [0.3, 0.4) is 0 Å². The summed E-state index contributed by atoms with van der Waals surface area (Å²) in [6.07, 6.45) is 3.82. The van der Waals surface area contributed by atoms with Gasteiger partial charge in [0.2, 0.25) is 0 Å². The summed E-state index contributed by atoms with van der Waals surface area (Å²) in [5, 5.41) is 8.41. The topological polar surface area (TPSA) is 41.1 Å². The lowest BCUT2D eigenvalue weighted by molar-refractivity contribution is 0.00699. The first-order valence-corrected chi connectivity index (χ1v) is 9.97. The molecule has 1 unspecified atom stereocenters. The van der Waals surface area contributed by atoms with Gasteiger partial charge in [-0.3, -0.25) is 5.10 Å². The van der Waals surface area contributed by atoms with Gasteiger partial charge in [0.15, 0.2) is 0 Å². The summed E-state index contributed by atoms with van der Waals surface area (Å²) in [6.45, 7) is 4.76. The first-order valence-electron chi connectivity index (χ1n) is 9.97. The summed E-state index contributed by atoms with van der Waals surface area (Å²) in [4.78, 5) is 2.35. The molecule has 3 aromatic rings. The molecule has 1 atom stereocenters. The van der Waals surface area contributed by atoms with Gasteiger partial charge >= 0.3 is 0 Å². The Bertz CT molecular complexity index is 948. The number of H-pyrrole nitrogens is 1. The standard InChI is InChI=1S/C22H27BFN3O/c1-15(20-12-18(23)11-16-13-25-26-21(16)20)28-14-22(7-9-27(2)10-8-22)17-3-5-19(24)6-4-17/h3-6,11-13,15H,7-10,14,23H2,1-2H3,(H,25,26). The molecule has 6 heteroatoms. The zero-order valence-electron chi connectivity index (χ0n) is 16.8. The van der Waals surface area contributed by atoms with Crippen LogP contribution < -0.4 is 5.46 Å². The Kier molecular flexibility index (Phi) is 5.26. The van der Waals surface area contributed by atoms with Crippen molar-refractivity contribution in [2.45, 2.75) is 31.3 Å². The second-order valence-corrected chi connectivity index (χ2v) is 8.23. The molecule has 1 aliphatic heterocycles. The number of likely N-dealkylation sites (tertiary alicyclic amines) is 1. The Morgan fingerprint density at radius 1 is 1.25 bits per heavy atom. The van der Waals surface area contributed by atoms with Crippen LogP contribution in [0.15, 0.2) is 42.6 Å². The number of hydrogen-bond acceptors (Lipinski definition) is 3. The molecule has 0 saturated carbocycles. The van der Waals surface area contributed by atoms with E-state index in [0.29, 0.717) is 6.61 Å². The van der Waals surface area contributed by atoms with Gasteiger partial charge in [-0.1, -0.05) is 29.7 Å². The highest BCUT2D eigenvalue weighted by Crippen LogP contribution is 2.37. The van der Waals surface area contributed by atoms with Crippen LogP contribution in [0.25, 0.3) is 10.9 Å². The lowest BCUT2D eigenvalue weighted by atomic mass is 9.73. The first-order chi connectivity index (χ1) is 13.5. The van der Waals surface area contributed by atoms with Gasteiger partial charge in [-0.05, 0) is 57.6 Å². The largest absolute Gasteiger partial charge is 0.373 e. The molecule has 0 spiro atoms. The number of aromatic nitrogens is 2. The smallest absolute Gasteiger partial charge is 0.139 e. The third-order valence-electron chi connectivity index (χ3n) is 6.17. The van der Waals surface area contributed by atoms with E-state index < -0.39 is 0 Å². The van der Waals surface area contributed by atoms with E-state index >= 15 is 0 Å². The molecule has 2 heterocycles. The van der Waals surface area contributed by atoms with Crippen molar-refractivity contribution in [1.29, 1.82) is 0 Å². The monoisotopic (exact) mass is 379 g/mol. The highest BCUT2D eigenvalue weighted by Gasteiger charge is 2.36. The van der Waals surface area contributed by atoms with Gasteiger partial charge in [-0.2, -0.15) is 5.10 Å². The molecular formula is C22H27BFN3O. The first kappa shape index (κ1) is 19.2. The lowest BCUT2D eigenvalue weighted by Crippen LogP contribution is -2.44. The van der Waals surface area contributed by atoms with Crippen molar-refractivity contribution in [2.24, 2.45) is 0 Å². The van der Waals surface area contributed by atoms with Crippen LogP contribution in [0.2, 0.25) is 0 Å². The molecule has 1 saturated heterocycles. The maximum Gasteiger partial charge on any atom is 0.139 e. The fraction of sp³-hybridized carbons (Fsp3) is 0.409. The Balaban J connectivity index is 1.59. The van der Waals surface area contributed by atoms with E-state index in [-0.39, 0.29) is 17.3 Å². The molecule has 146 valence electrons. The van der Waals surface area contributed by atoms with Gasteiger partial charge in [0.25, 0.3) is 0 Å². The van der Waals surface area contributed by atoms with Crippen molar-refractivity contribution in [1.82, 2.24) is 15.1 Å². The summed E-state index contributed by atoms with van der Waals surface area (Å²) in [7, 11) is 4.25. The SMILES string of the molecule is Bc1cc(C(C)OCC2(c3ccc(F)cc3)CCN(C)CC2)c2[nH]ncc2c1. The summed E-state index contributed by atoms with van der Waals surface area (Å²) in [6, 6.07) is 11.3. The summed E-state index contributed by atoms with van der Waals surface area (Å²) >= 11 is 0. The average molecular weight is 379 g/mol. The third-order valence-corrected chi connectivity index (χ3v) is 6.17. The van der Waals surface area contributed by atoms with Crippen molar-refractivity contribution in [2.75, 3.05) is 26.7 Å². The van der Waals surface area contributed by atoms with Gasteiger partial charge in [-0.25, -0.2) is 4.39 Å². The maximum absolute atomic E-state index is 13.5. The zero-order valence-corrected chi connectivity index (χ0v) is 16.8. The molecule has 0 radical (unpaired) electrons. The van der Waals surface area contributed by atoms with Crippen molar-refractivity contribution >= 4 is 24.2 Å². The summed E-state index contributed by atoms with van der Waals surface area (Å²) in [5.41, 5.74) is 4.47. The lowest BCUT2D eigenvalue weighted by Gasteiger charge is -2.41. The fourth-order valence-electron chi connectivity index (χ4n) is 4.30. The number of piperidine rings is 1.